The number of furan rings is 1. The largest absolute Gasteiger partial charge is 0.453 e. The molecular formula is C46H28N2OS. The van der Waals surface area contributed by atoms with Gasteiger partial charge in [-0.1, -0.05) is 121 Å². The molecule has 0 amide bonds. The monoisotopic (exact) mass is 656 g/mol. The first kappa shape index (κ1) is 27.6. The number of fused-ring (bicyclic) bond motifs is 11. The fourth-order valence-electron chi connectivity index (χ4n) is 8.01. The molecule has 0 unspecified atom stereocenters. The van der Waals surface area contributed by atoms with Crippen molar-refractivity contribution in [3.8, 4) is 5.69 Å². The van der Waals surface area contributed by atoms with E-state index in [-0.39, 0.29) is 0 Å². The molecule has 0 saturated carbocycles. The van der Waals surface area contributed by atoms with Crippen LogP contribution in [-0.2, 0) is 0 Å². The van der Waals surface area contributed by atoms with Crippen molar-refractivity contribution < 1.29 is 4.42 Å². The van der Waals surface area contributed by atoms with Crippen molar-refractivity contribution in [3.05, 3.63) is 170 Å². The van der Waals surface area contributed by atoms with E-state index in [1.807, 2.05) is 11.3 Å². The van der Waals surface area contributed by atoms with Gasteiger partial charge in [0.15, 0.2) is 5.58 Å². The average molecular weight is 657 g/mol. The summed E-state index contributed by atoms with van der Waals surface area (Å²) in [6.07, 6.45) is 0. The van der Waals surface area contributed by atoms with E-state index < -0.39 is 0 Å². The van der Waals surface area contributed by atoms with Gasteiger partial charge in [-0.25, -0.2) is 0 Å². The number of nitrogens with zero attached hydrogens (tertiary/aromatic N) is 2. The molecule has 11 aromatic rings. The lowest BCUT2D eigenvalue weighted by Gasteiger charge is -2.27. The van der Waals surface area contributed by atoms with Crippen molar-refractivity contribution in [1.29, 1.82) is 0 Å². The predicted octanol–water partition coefficient (Wildman–Crippen LogP) is 13.7. The Morgan fingerprint density at radius 2 is 1.06 bits per heavy atom. The summed E-state index contributed by atoms with van der Waals surface area (Å²) in [6, 6.07) is 61.1. The van der Waals surface area contributed by atoms with Crippen molar-refractivity contribution in [2.24, 2.45) is 0 Å². The summed E-state index contributed by atoms with van der Waals surface area (Å²) in [5, 5.41) is 9.48. The van der Waals surface area contributed by atoms with E-state index in [0.29, 0.717) is 0 Å². The first-order chi connectivity index (χ1) is 24.8. The normalized spacial score (nSPS) is 12.0. The van der Waals surface area contributed by atoms with Crippen LogP contribution in [0.4, 0.5) is 17.1 Å². The fourth-order valence-corrected chi connectivity index (χ4v) is 9.22. The van der Waals surface area contributed by atoms with E-state index in [2.05, 4.69) is 179 Å². The van der Waals surface area contributed by atoms with Crippen LogP contribution in [0.5, 0.6) is 0 Å². The molecule has 4 heteroatoms. The van der Waals surface area contributed by atoms with Crippen LogP contribution in [0, 0.1) is 0 Å². The van der Waals surface area contributed by atoms with Crippen molar-refractivity contribution in [1.82, 2.24) is 4.57 Å². The highest BCUT2D eigenvalue weighted by Gasteiger charge is 2.26. The van der Waals surface area contributed by atoms with E-state index in [1.165, 1.54) is 41.8 Å². The molecule has 50 heavy (non-hydrogen) atoms. The molecule has 11 rings (SSSR count). The molecule has 0 saturated heterocycles. The first-order valence-corrected chi connectivity index (χ1v) is 17.8. The maximum atomic E-state index is 7.03. The predicted molar refractivity (Wildman–Crippen MR) is 213 cm³/mol. The van der Waals surface area contributed by atoms with Gasteiger partial charge in [-0.2, -0.15) is 0 Å². The minimum atomic E-state index is 0.872. The highest BCUT2D eigenvalue weighted by Crippen LogP contribution is 2.50. The van der Waals surface area contributed by atoms with E-state index in [9.17, 15) is 0 Å². The molecule has 0 radical (unpaired) electrons. The number of aromatic nitrogens is 1. The highest BCUT2D eigenvalue weighted by atomic mass is 32.1. The number of hydrogen-bond acceptors (Lipinski definition) is 3. The second-order valence-electron chi connectivity index (χ2n) is 12.9. The van der Waals surface area contributed by atoms with E-state index >= 15 is 0 Å². The molecule has 0 atom stereocenters. The number of benzene rings is 8. The number of para-hydroxylation sites is 4. The molecule has 3 heterocycles. The van der Waals surface area contributed by atoms with Crippen LogP contribution in [0.1, 0.15) is 0 Å². The molecule has 234 valence electrons. The topological polar surface area (TPSA) is 21.3 Å². The molecule has 0 fully saturated rings. The van der Waals surface area contributed by atoms with Crippen molar-refractivity contribution in [2.45, 2.75) is 0 Å². The zero-order chi connectivity index (χ0) is 32.8. The van der Waals surface area contributed by atoms with Crippen LogP contribution < -0.4 is 4.90 Å². The van der Waals surface area contributed by atoms with Crippen LogP contribution >= 0.6 is 11.3 Å². The number of rotatable bonds is 4. The standard InChI is InChI=1S/C46H28N2OS/c1-2-14-30(15-3-1)47-38-22-8-6-17-32(38)34-19-10-23-39(43(34)47)48(41-25-12-21-37-33-18-7-9-26-42(33)50-46(37)41)40-24-11-20-35-36-28-27-29-13-4-5-16-31(29)44(36)49-45(35)40/h1-28H. The van der Waals surface area contributed by atoms with Crippen LogP contribution in [0.3, 0.4) is 0 Å². The van der Waals surface area contributed by atoms with Crippen molar-refractivity contribution in [3.63, 3.8) is 0 Å². The third-order valence-corrected chi connectivity index (χ3v) is 11.4. The van der Waals surface area contributed by atoms with E-state index in [0.717, 1.165) is 55.6 Å². The Balaban J connectivity index is 1.31. The SMILES string of the molecule is c1ccc(-n2c3ccccc3c3cccc(N(c4cccc5c4oc4c6ccccc6ccc54)c4cccc5c4sc4ccccc45)c32)cc1. The lowest BCUT2D eigenvalue weighted by atomic mass is 10.0. The minimum Gasteiger partial charge on any atom is -0.453 e. The zero-order valence-corrected chi connectivity index (χ0v) is 27.7. The Bertz CT molecular complexity index is 3110. The van der Waals surface area contributed by atoms with Gasteiger partial charge < -0.3 is 13.9 Å². The maximum Gasteiger partial charge on any atom is 0.159 e. The van der Waals surface area contributed by atoms with Gasteiger partial charge >= 0.3 is 0 Å². The molecule has 0 aliphatic heterocycles. The summed E-state index contributed by atoms with van der Waals surface area (Å²) in [4.78, 5) is 2.45. The molecule has 3 nitrogen and oxygen atoms in total. The number of thiophene rings is 1. The third kappa shape index (κ3) is 3.85. The smallest absolute Gasteiger partial charge is 0.159 e. The molecule has 0 bridgehead atoms. The molecule has 0 N–H and O–H groups in total. The Hall–Kier alpha value is -6.36. The summed E-state index contributed by atoms with van der Waals surface area (Å²) < 4.78 is 12.0. The van der Waals surface area contributed by atoms with Crippen LogP contribution in [-0.4, -0.2) is 4.57 Å². The Morgan fingerprint density at radius 1 is 0.420 bits per heavy atom. The first-order valence-electron chi connectivity index (χ1n) is 16.9. The Kier molecular flexibility index (Phi) is 5.83. The van der Waals surface area contributed by atoms with Crippen molar-refractivity contribution in [2.75, 3.05) is 4.90 Å². The van der Waals surface area contributed by atoms with Gasteiger partial charge in [-0.05, 0) is 53.9 Å². The van der Waals surface area contributed by atoms with E-state index in [4.69, 9.17) is 4.42 Å². The zero-order valence-electron chi connectivity index (χ0n) is 26.9. The second kappa shape index (κ2) is 10.6. The Morgan fingerprint density at radius 3 is 1.94 bits per heavy atom. The summed E-state index contributed by atoms with van der Waals surface area (Å²) in [6.45, 7) is 0. The van der Waals surface area contributed by atoms with Gasteiger partial charge in [-0.15, -0.1) is 11.3 Å². The molecule has 0 spiro atoms. The van der Waals surface area contributed by atoms with Gasteiger partial charge in [0, 0.05) is 48.1 Å². The summed E-state index contributed by atoms with van der Waals surface area (Å²) in [5.74, 6) is 0. The minimum absolute atomic E-state index is 0.872. The molecule has 8 aromatic carbocycles. The molecule has 0 aliphatic rings. The van der Waals surface area contributed by atoms with Gasteiger partial charge in [-0.3, -0.25) is 0 Å². The number of anilines is 3. The second-order valence-corrected chi connectivity index (χ2v) is 13.9. The van der Waals surface area contributed by atoms with Crippen LogP contribution in [0.15, 0.2) is 174 Å². The van der Waals surface area contributed by atoms with Gasteiger partial charge in [0.2, 0.25) is 0 Å². The molecule has 3 aromatic heterocycles. The summed E-state index contributed by atoms with van der Waals surface area (Å²) in [5.41, 5.74) is 8.46. The fraction of sp³-hybridized carbons (Fsp3) is 0. The van der Waals surface area contributed by atoms with Crippen LogP contribution in [0.25, 0.3) is 80.4 Å². The summed E-state index contributed by atoms with van der Waals surface area (Å²) in [7, 11) is 0. The van der Waals surface area contributed by atoms with Crippen molar-refractivity contribution >= 4 is 103 Å². The lowest BCUT2D eigenvalue weighted by Crippen LogP contribution is -2.12. The lowest BCUT2D eigenvalue weighted by molar-refractivity contribution is 0.673. The van der Waals surface area contributed by atoms with Gasteiger partial charge in [0.25, 0.3) is 0 Å². The average Bonchev–Trinajstić information content (AvgIpc) is 3.86. The van der Waals surface area contributed by atoms with Gasteiger partial charge in [0.05, 0.1) is 32.8 Å². The molecule has 0 aliphatic carbocycles. The third-order valence-electron chi connectivity index (χ3n) is 10.2. The quantitative estimate of drug-likeness (QED) is 0.188. The number of hydrogen-bond donors (Lipinski definition) is 0. The van der Waals surface area contributed by atoms with Gasteiger partial charge in [0.1, 0.15) is 5.58 Å². The maximum absolute atomic E-state index is 7.03. The van der Waals surface area contributed by atoms with E-state index in [1.54, 1.807) is 0 Å². The highest BCUT2D eigenvalue weighted by molar-refractivity contribution is 7.26. The summed E-state index contributed by atoms with van der Waals surface area (Å²) >= 11 is 1.85. The molecular weight excluding hydrogens is 629 g/mol. The Labute approximate surface area is 291 Å². The van der Waals surface area contributed by atoms with Crippen LogP contribution in [0.2, 0.25) is 0 Å².